The molecule has 6 heteroatoms. The van der Waals surface area contributed by atoms with Crippen molar-refractivity contribution in [1.82, 2.24) is 0 Å². The molecule has 0 fully saturated rings. The number of hydrogen-bond acceptors (Lipinski definition) is 4. The summed E-state index contributed by atoms with van der Waals surface area (Å²) in [6.07, 6.45) is 9.14. The average Bonchev–Trinajstić information content (AvgIpc) is 3.51. The molecule has 0 saturated heterocycles. The van der Waals surface area contributed by atoms with Crippen LogP contribution in [-0.2, 0) is 13.1 Å². The number of rotatable bonds is 10. The summed E-state index contributed by atoms with van der Waals surface area (Å²) in [5.74, 6) is 0. The minimum absolute atomic E-state index is 0.910. The Hall–Kier alpha value is -3.19. The van der Waals surface area contributed by atoms with Crippen molar-refractivity contribution in [2.24, 2.45) is 0 Å². The first-order valence-corrected chi connectivity index (χ1v) is 16.0. The number of benzene rings is 3. The number of hydrogen-bond donors (Lipinski definition) is 1. The number of aromatic nitrogens is 2. The van der Waals surface area contributed by atoms with Crippen LogP contribution in [0.1, 0.15) is 37.7 Å². The van der Waals surface area contributed by atoms with Crippen LogP contribution in [0.3, 0.4) is 0 Å². The Balaban J connectivity index is 1.57. The highest BCUT2D eigenvalue weighted by Gasteiger charge is 2.22. The van der Waals surface area contributed by atoms with Gasteiger partial charge >= 0.3 is 0 Å². The lowest BCUT2D eigenvalue weighted by molar-refractivity contribution is -0.665. The number of allylic oxidation sites excluding steroid dienone is 5. The minimum atomic E-state index is 0.910. The molecule has 0 atom stereocenters. The van der Waals surface area contributed by atoms with Crippen LogP contribution in [-0.4, -0.2) is 6.54 Å². The Morgan fingerprint density at radius 1 is 0.795 bits per heavy atom. The summed E-state index contributed by atoms with van der Waals surface area (Å²) >= 11 is 5.53. The van der Waals surface area contributed by atoms with Crippen molar-refractivity contribution in [1.29, 1.82) is 0 Å². The fourth-order valence-corrected chi connectivity index (χ4v) is 7.97. The van der Waals surface area contributed by atoms with Gasteiger partial charge in [-0.3, -0.25) is 0 Å². The van der Waals surface area contributed by atoms with E-state index in [1.807, 2.05) is 34.4 Å². The van der Waals surface area contributed by atoms with Gasteiger partial charge < -0.3 is 5.32 Å². The average molecular weight is 570 g/mol. The molecule has 0 bridgehead atoms. The summed E-state index contributed by atoms with van der Waals surface area (Å²) in [7, 11) is 0. The van der Waals surface area contributed by atoms with E-state index in [0.29, 0.717) is 0 Å². The van der Waals surface area contributed by atoms with Gasteiger partial charge in [-0.15, -0.1) is 0 Å². The first-order valence-electron chi connectivity index (χ1n) is 13.5. The third kappa shape index (κ3) is 6.03. The van der Waals surface area contributed by atoms with Gasteiger partial charge in [0, 0.05) is 35.3 Å². The number of fused-ring (bicyclic) bond motifs is 2. The molecule has 0 saturated carbocycles. The number of para-hydroxylation sites is 3. The number of thioether (sulfide) groups is 1. The fraction of sp³-hybridized carbons (Fsp3) is 0.212. The quantitative estimate of drug-likeness (QED) is 0.103. The van der Waals surface area contributed by atoms with E-state index in [9.17, 15) is 0 Å². The van der Waals surface area contributed by atoms with E-state index < -0.39 is 0 Å². The topological polar surface area (TPSA) is 19.8 Å². The number of aryl methyl sites for hydroxylation is 2. The predicted molar refractivity (Wildman–Crippen MR) is 173 cm³/mol. The first-order chi connectivity index (χ1) is 19.1. The number of nitrogens with zero attached hydrogens (tertiary/aromatic N) is 2. The van der Waals surface area contributed by atoms with Crippen LogP contribution in [0.5, 0.6) is 0 Å². The normalized spacial score (nSPS) is 12.7. The summed E-state index contributed by atoms with van der Waals surface area (Å²) < 4.78 is 7.48. The van der Waals surface area contributed by atoms with Crippen molar-refractivity contribution in [3.05, 3.63) is 106 Å². The van der Waals surface area contributed by atoms with Crippen LogP contribution < -0.4 is 14.5 Å². The maximum Gasteiger partial charge on any atom is 0.270 e. The van der Waals surface area contributed by atoms with Crippen LogP contribution in [0.15, 0.2) is 101 Å². The van der Waals surface area contributed by atoms with Gasteiger partial charge in [-0.25, -0.2) is 0 Å². The van der Waals surface area contributed by atoms with E-state index in [-0.39, 0.29) is 0 Å². The molecule has 5 aromatic rings. The number of nitrogens with one attached hydrogen (secondary N) is 1. The zero-order chi connectivity index (χ0) is 27.2. The van der Waals surface area contributed by atoms with Crippen molar-refractivity contribution in [3.8, 4) is 0 Å². The minimum Gasteiger partial charge on any atom is -0.384 e. The molecule has 0 unspecified atom stereocenters. The van der Waals surface area contributed by atoms with Gasteiger partial charge in [0.2, 0.25) is 11.0 Å². The Morgan fingerprint density at radius 3 is 2.15 bits per heavy atom. The molecule has 0 amide bonds. The van der Waals surface area contributed by atoms with Crippen LogP contribution in [0.4, 0.5) is 5.69 Å². The predicted octanol–water partition coefficient (Wildman–Crippen LogP) is 8.96. The molecule has 3 aromatic carbocycles. The van der Waals surface area contributed by atoms with E-state index in [2.05, 4.69) is 139 Å². The largest absolute Gasteiger partial charge is 0.384 e. The molecule has 2 aromatic heterocycles. The molecular formula is C33H35N3S3+2. The van der Waals surface area contributed by atoms with E-state index in [0.717, 1.165) is 19.6 Å². The molecule has 1 N–H and O–H groups in total. The molecule has 5 rings (SSSR count). The molecule has 0 aliphatic carbocycles. The highest BCUT2D eigenvalue weighted by molar-refractivity contribution is 8.03. The zero-order valence-electron chi connectivity index (χ0n) is 23.0. The van der Waals surface area contributed by atoms with Gasteiger partial charge in [0.15, 0.2) is 0 Å². The van der Waals surface area contributed by atoms with Crippen molar-refractivity contribution < 1.29 is 9.13 Å². The Kier molecular flexibility index (Phi) is 8.97. The third-order valence-corrected chi connectivity index (χ3v) is 9.93. The van der Waals surface area contributed by atoms with Crippen molar-refractivity contribution >= 4 is 72.2 Å². The van der Waals surface area contributed by atoms with Crippen LogP contribution in [0, 0.1) is 0 Å². The molecule has 3 nitrogen and oxygen atoms in total. The second-order valence-corrected chi connectivity index (χ2v) is 12.5. The summed E-state index contributed by atoms with van der Waals surface area (Å²) in [5, 5.41) is 6.03. The number of thiazole rings is 2. The van der Waals surface area contributed by atoms with Gasteiger partial charge in [-0.1, -0.05) is 76.9 Å². The second kappa shape index (κ2) is 12.8. The van der Waals surface area contributed by atoms with Gasteiger partial charge in [-0.05, 0) is 69.0 Å². The standard InChI is InChI=1S/C33H35N3S3/c1-5-34-26-14-8-11-17-29(26)37-24(4)20-21-25(33-36(7-3)28-16-10-13-19-31(28)39-33)22-23-32-35(6-2)27-15-9-12-18-30(27)38-32/h8-23,34H,5-7H2,1-4H3/q+2/b23-22+,24-20-,25-21-. The summed E-state index contributed by atoms with van der Waals surface area (Å²) in [6.45, 7) is 11.6. The molecule has 39 heavy (non-hydrogen) atoms. The summed E-state index contributed by atoms with van der Waals surface area (Å²) in [5.41, 5.74) is 4.99. The maximum absolute atomic E-state index is 3.48. The second-order valence-electron chi connectivity index (χ2n) is 9.13. The lowest BCUT2D eigenvalue weighted by atomic mass is 10.2. The fourth-order valence-electron chi connectivity index (χ4n) is 4.73. The lowest BCUT2D eigenvalue weighted by Gasteiger charge is -2.09. The SMILES string of the molecule is CCNc1ccccc1S\C(C)=C/C=C(/C=C/c1sc2ccccc2[n+]1CC)c1sc2ccccc2[n+]1CC. The van der Waals surface area contributed by atoms with Crippen molar-refractivity contribution in [2.75, 3.05) is 11.9 Å². The molecule has 0 aliphatic rings. The van der Waals surface area contributed by atoms with E-state index in [1.54, 1.807) is 0 Å². The van der Waals surface area contributed by atoms with Gasteiger partial charge in [-0.2, -0.15) is 9.13 Å². The molecular weight excluding hydrogens is 535 g/mol. The number of anilines is 1. The van der Waals surface area contributed by atoms with E-state index in [4.69, 9.17) is 0 Å². The highest BCUT2D eigenvalue weighted by Crippen LogP contribution is 2.33. The maximum atomic E-state index is 3.48. The third-order valence-electron chi connectivity index (χ3n) is 6.55. The van der Waals surface area contributed by atoms with Gasteiger partial charge in [0.05, 0.1) is 5.57 Å². The first kappa shape index (κ1) is 27.4. The Labute approximate surface area is 243 Å². The lowest BCUT2D eigenvalue weighted by Crippen LogP contribution is -2.34. The molecule has 0 spiro atoms. The van der Waals surface area contributed by atoms with Gasteiger partial charge in [0.1, 0.15) is 22.5 Å². The molecule has 0 radical (unpaired) electrons. The van der Waals surface area contributed by atoms with Crippen molar-refractivity contribution in [3.63, 3.8) is 0 Å². The van der Waals surface area contributed by atoms with Crippen LogP contribution in [0.25, 0.3) is 32.1 Å². The van der Waals surface area contributed by atoms with Crippen molar-refractivity contribution in [2.45, 2.75) is 45.7 Å². The van der Waals surface area contributed by atoms with Gasteiger partial charge in [0.25, 0.3) is 10.0 Å². The molecule has 198 valence electrons. The molecule has 0 aliphatic heterocycles. The van der Waals surface area contributed by atoms with Crippen LogP contribution in [0.2, 0.25) is 0 Å². The van der Waals surface area contributed by atoms with Crippen LogP contribution >= 0.6 is 34.4 Å². The summed E-state index contributed by atoms with van der Waals surface area (Å²) in [6, 6.07) is 25.9. The van der Waals surface area contributed by atoms with E-state index >= 15 is 0 Å². The Bertz CT molecular complexity index is 1690. The summed E-state index contributed by atoms with van der Waals surface area (Å²) in [4.78, 5) is 2.50. The molecule has 2 heterocycles. The monoisotopic (exact) mass is 569 g/mol. The zero-order valence-corrected chi connectivity index (χ0v) is 25.4. The Morgan fingerprint density at radius 2 is 1.44 bits per heavy atom. The smallest absolute Gasteiger partial charge is 0.270 e. The van der Waals surface area contributed by atoms with E-state index in [1.165, 1.54) is 51.5 Å². The highest BCUT2D eigenvalue weighted by atomic mass is 32.2.